The number of nitrogens with one attached hydrogen (secondary N) is 1. The van der Waals surface area contributed by atoms with Crippen molar-refractivity contribution in [2.75, 3.05) is 60.3 Å². The first-order valence-corrected chi connectivity index (χ1v) is 13.4. The standard InChI is InChI=1S/C32H28FN5O2/c1-36(2)21-13-11-20(12-14-21)34-25-19-27(38-17-15-37(16-18-38)26-10-6-5-9-24(26)33)30-29-28(25)31(39)22-7-3-4-8-23(22)32(29)40-35-30/h3-14,19,34H,15-18H2,1-2H3. The van der Waals surface area contributed by atoms with Gasteiger partial charge in [-0.15, -0.1) is 0 Å². The van der Waals surface area contributed by atoms with Crippen LogP contribution in [-0.4, -0.2) is 51.2 Å². The zero-order chi connectivity index (χ0) is 27.4. The molecule has 5 aromatic rings. The number of rotatable bonds is 5. The minimum atomic E-state index is -0.213. The fourth-order valence-electron chi connectivity index (χ4n) is 5.78. The lowest BCUT2D eigenvalue weighted by atomic mass is 9.86. The Morgan fingerprint density at radius 2 is 1.50 bits per heavy atom. The fraction of sp³-hybridized carbons (Fsp3) is 0.188. The Labute approximate surface area is 231 Å². The number of anilines is 5. The number of carbonyl (C=O) groups excluding carboxylic acids is 1. The van der Waals surface area contributed by atoms with Gasteiger partial charge in [0.05, 0.1) is 28.0 Å². The van der Waals surface area contributed by atoms with Gasteiger partial charge >= 0.3 is 0 Å². The molecule has 8 heteroatoms. The molecule has 0 spiro atoms. The summed E-state index contributed by atoms with van der Waals surface area (Å²) in [6.07, 6.45) is 0. The molecule has 1 aromatic heterocycles. The molecule has 1 fully saturated rings. The molecule has 1 saturated heterocycles. The second-order valence-corrected chi connectivity index (χ2v) is 10.4. The summed E-state index contributed by atoms with van der Waals surface area (Å²) in [7, 11) is 4.00. The Balaban J connectivity index is 1.32. The van der Waals surface area contributed by atoms with Gasteiger partial charge < -0.3 is 24.5 Å². The molecule has 2 heterocycles. The summed E-state index contributed by atoms with van der Waals surface area (Å²) in [6, 6.07) is 24.5. The summed E-state index contributed by atoms with van der Waals surface area (Å²) in [5.74, 6) is 0.340. The summed E-state index contributed by atoms with van der Waals surface area (Å²) in [5.41, 5.74) is 6.77. The molecule has 0 atom stereocenters. The van der Waals surface area contributed by atoms with Crippen LogP contribution in [0.4, 0.5) is 32.8 Å². The van der Waals surface area contributed by atoms with E-state index in [4.69, 9.17) is 4.52 Å². The van der Waals surface area contributed by atoms with Crippen LogP contribution in [0.3, 0.4) is 0 Å². The van der Waals surface area contributed by atoms with Crippen LogP contribution < -0.4 is 20.0 Å². The quantitative estimate of drug-likeness (QED) is 0.278. The summed E-state index contributed by atoms with van der Waals surface area (Å²) < 4.78 is 20.4. The second kappa shape index (κ2) is 9.41. The van der Waals surface area contributed by atoms with Gasteiger partial charge in [-0.2, -0.15) is 0 Å². The lowest BCUT2D eigenvalue weighted by molar-refractivity contribution is 0.104. The zero-order valence-corrected chi connectivity index (χ0v) is 22.3. The Hall–Kier alpha value is -4.85. The van der Waals surface area contributed by atoms with Gasteiger partial charge in [0.15, 0.2) is 11.5 Å². The van der Waals surface area contributed by atoms with Gasteiger partial charge in [0.2, 0.25) is 0 Å². The Bertz CT molecular complexity index is 1750. The molecule has 0 radical (unpaired) electrons. The van der Waals surface area contributed by atoms with Crippen LogP contribution >= 0.6 is 0 Å². The van der Waals surface area contributed by atoms with Gasteiger partial charge in [-0.3, -0.25) is 4.79 Å². The minimum Gasteiger partial charge on any atom is -0.378 e. The number of hydrogen-bond donors (Lipinski definition) is 1. The fourth-order valence-corrected chi connectivity index (χ4v) is 5.78. The van der Waals surface area contributed by atoms with Crippen LogP contribution in [0.25, 0.3) is 22.2 Å². The highest BCUT2D eigenvalue weighted by Gasteiger charge is 2.34. The molecule has 1 aliphatic heterocycles. The van der Waals surface area contributed by atoms with Crippen molar-refractivity contribution in [3.05, 3.63) is 95.8 Å². The summed E-state index contributed by atoms with van der Waals surface area (Å²) in [6.45, 7) is 2.66. The number of halogens is 1. The smallest absolute Gasteiger partial charge is 0.196 e. The van der Waals surface area contributed by atoms with Crippen LogP contribution in [-0.2, 0) is 0 Å². The van der Waals surface area contributed by atoms with E-state index >= 15 is 0 Å². The van der Waals surface area contributed by atoms with Crippen LogP contribution in [0.15, 0.2) is 83.4 Å². The van der Waals surface area contributed by atoms with Crippen LogP contribution in [0.5, 0.6) is 0 Å². The number of hydrogen-bond acceptors (Lipinski definition) is 7. The monoisotopic (exact) mass is 533 g/mol. The van der Waals surface area contributed by atoms with Crippen molar-refractivity contribution in [1.29, 1.82) is 0 Å². The number of para-hydroxylation sites is 1. The average Bonchev–Trinajstić information content (AvgIpc) is 3.42. The number of benzene rings is 4. The number of fused-ring (bicyclic) bond motifs is 2. The van der Waals surface area contributed by atoms with E-state index in [2.05, 4.69) is 20.3 Å². The van der Waals surface area contributed by atoms with Crippen molar-refractivity contribution >= 4 is 45.1 Å². The molecule has 0 unspecified atom stereocenters. The average molecular weight is 534 g/mol. The lowest BCUT2D eigenvalue weighted by Crippen LogP contribution is -2.47. The van der Waals surface area contributed by atoms with E-state index < -0.39 is 0 Å². The number of aromatic nitrogens is 1. The normalized spacial score (nSPS) is 14.4. The van der Waals surface area contributed by atoms with Gasteiger partial charge in [0.1, 0.15) is 11.3 Å². The Morgan fingerprint density at radius 3 is 2.20 bits per heavy atom. The van der Waals surface area contributed by atoms with Crippen molar-refractivity contribution in [1.82, 2.24) is 5.16 Å². The van der Waals surface area contributed by atoms with Crippen molar-refractivity contribution in [2.24, 2.45) is 0 Å². The van der Waals surface area contributed by atoms with Gasteiger partial charge in [-0.25, -0.2) is 4.39 Å². The van der Waals surface area contributed by atoms with Crippen LogP contribution in [0.1, 0.15) is 15.9 Å². The lowest BCUT2D eigenvalue weighted by Gasteiger charge is -2.37. The molecule has 4 aromatic carbocycles. The molecule has 0 bridgehead atoms. The van der Waals surface area contributed by atoms with Crippen LogP contribution in [0.2, 0.25) is 0 Å². The Morgan fingerprint density at radius 1 is 0.850 bits per heavy atom. The van der Waals surface area contributed by atoms with E-state index in [9.17, 15) is 9.18 Å². The number of nitrogens with zero attached hydrogens (tertiary/aromatic N) is 4. The van der Waals surface area contributed by atoms with E-state index in [1.54, 1.807) is 6.07 Å². The summed E-state index contributed by atoms with van der Waals surface area (Å²) in [4.78, 5) is 20.3. The van der Waals surface area contributed by atoms with Crippen LogP contribution in [0, 0.1) is 5.82 Å². The molecule has 200 valence electrons. The molecule has 7 rings (SSSR count). The van der Waals surface area contributed by atoms with E-state index in [1.807, 2.05) is 85.7 Å². The maximum atomic E-state index is 14.5. The maximum absolute atomic E-state index is 14.5. The summed E-state index contributed by atoms with van der Waals surface area (Å²) >= 11 is 0. The topological polar surface area (TPSA) is 64.8 Å². The summed E-state index contributed by atoms with van der Waals surface area (Å²) in [5, 5.41) is 8.74. The molecule has 7 nitrogen and oxygen atoms in total. The Kier molecular flexibility index (Phi) is 5.70. The largest absolute Gasteiger partial charge is 0.378 e. The van der Waals surface area contributed by atoms with Crippen molar-refractivity contribution in [2.45, 2.75) is 0 Å². The first-order valence-electron chi connectivity index (χ1n) is 13.4. The van der Waals surface area contributed by atoms with Crippen molar-refractivity contribution < 1.29 is 13.7 Å². The molecule has 0 amide bonds. The van der Waals surface area contributed by atoms with E-state index in [0.29, 0.717) is 60.0 Å². The highest BCUT2D eigenvalue weighted by molar-refractivity contribution is 6.28. The highest BCUT2D eigenvalue weighted by Crippen LogP contribution is 2.46. The first kappa shape index (κ1) is 24.2. The molecule has 1 aliphatic carbocycles. The molecular formula is C32H28FN5O2. The van der Waals surface area contributed by atoms with E-state index in [-0.39, 0.29) is 11.6 Å². The van der Waals surface area contributed by atoms with Crippen molar-refractivity contribution in [3.63, 3.8) is 0 Å². The maximum Gasteiger partial charge on any atom is 0.196 e. The number of ketones is 1. The van der Waals surface area contributed by atoms with Gasteiger partial charge in [-0.1, -0.05) is 41.6 Å². The first-order chi connectivity index (χ1) is 19.5. The number of piperazine rings is 1. The highest BCUT2D eigenvalue weighted by atomic mass is 19.1. The zero-order valence-electron chi connectivity index (χ0n) is 22.3. The van der Waals surface area contributed by atoms with Gasteiger partial charge in [-0.05, 0) is 42.5 Å². The molecule has 2 aliphatic rings. The van der Waals surface area contributed by atoms with Gasteiger partial charge in [0.25, 0.3) is 0 Å². The molecule has 40 heavy (non-hydrogen) atoms. The molecule has 0 saturated carbocycles. The predicted octanol–water partition coefficient (Wildman–Crippen LogP) is 6.31. The predicted molar refractivity (Wildman–Crippen MR) is 158 cm³/mol. The molecule has 1 N–H and O–H groups in total. The van der Waals surface area contributed by atoms with E-state index in [0.717, 1.165) is 28.0 Å². The molecular weight excluding hydrogens is 505 g/mol. The SMILES string of the molecule is CN(C)c1ccc(Nc2cc(N3CCN(c4ccccc4F)CC3)c3noc4c3c2C(=O)c2ccccc2-4)cc1. The number of carbonyl (C=O) groups is 1. The van der Waals surface area contributed by atoms with E-state index in [1.165, 1.54) is 6.07 Å². The third-order valence-electron chi connectivity index (χ3n) is 7.85. The third kappa shape index (κ3) is 3.87. The second-order valence-electron chi connectivity index (χ2n) is 10.4. The third-order valence-corrected chi connectivity index (χ3v) is 7.85. The van der Waals surface area contributed by atoms with Crippen molar-refractivity contribution in [3.8, 4) is 11.3 Å². The minimum absolute atomic E-state index is 0.0559. The van der Waals surface area contributed by atoms with Gasteiger partial charge in [0, 0.05) is 62.8 Å².